The molecule has 0 saturated carbocycles. The fourth-order valence-electron chi connectivity index (χ4n) is 2.41. The van der Waals surface area contributed by atoms with E-state index in [9.17, 15) is 13.9 Å². The maximum atomic E-state index is 13.8. The summed E-state index contributed by atoms with van der Waals surface area (Å²) in [5.41, 5.74) is 0.479. The van der Waals surface area contributed by atoms with Crippen LogP contribution in [0.25, 0.3) is 0 Å². The van der Waals surface area contributed by atoms with Gasteiger partial charge in [-0.25, -0.2) is 8.78 Å². The van der Waals surface area contributed by atoms with Crippen LogP contribution >= 0.6 is 15.9 Å². The van der Waals surface area contributed by atoms with Crippen LogP contribution < -0.4 is 4.74 Å². The van der Waals surface area contributed by atoms with Gasteiger partial charge in [-0.3, -0.25) is 0 Å². The second-order valence-corrected chi connectivity index (χ2v) is 5.59. The SMILES string of the molecule is O[C@H]1CC(c2c(F)cccc2F)Oc2ccc(Br)cc21. The van der Waals surface area contributed by atoms with Crippen molar-refractivity contribution in [3.05, 3.63) is 63.6 Å². The molecular formula is C15H11BrF2O2. The van der Waals surface area contributed by atoms with E-state index in [0.29, 0.717) is 11.3 Å². The van der Waals surface area contributed by atoms with Crippen LogP contribution in [-0.2, 0) is 0 Å². The van der Waals surface area contributed by atoms with Gasteiger partial charge in [0.15, 0.2) is 0 Å². The van der Waals surface area contributed by atoms with Crippen molar-refractivity contribution in [2.45, 2.75) is 18.6 Å². The quantitative estimate of drug-likeness (QED) is 0.839. The predicted octanol–water partition coefficient (Wildman–Crippen LogP) is 4.28. The zero-order valence-electron chi connectivity index (χ0n) is 10.3. The fourth-order valence-corrected chi connectivity index (χ4v) is 2.79. The summed E-state index contributed by atoms with van der Waals surface area (Å²) in [4.78, 5) is 0. The van der Waals surface area contributed by atoms with Crippen LogP contribution in [0, 0.1) is 11.6 Å². The van der Waals surface area contributed by atoms with E-state index in [0.717, 1.165) is 4.47 Å². The molecule has 1 aliphatic heterocycles. The molecule has 1 heterocycles. The van der Waals surface area contributed by atoms with Gasteiger partial charge in [0.2, 0.25) is 0 Å². The lowest BCUT2D eigenvalue weighted by atomic mass is 9.94. The monoisotopic (exact) mass is 340 g/mol. The summed E-state index contributed by atoms with van der Waals surface area (Å²) in [5, 5.41) is 10.2. The second-order valence-electron chi connectivity index (χ2n) is 4.68. The number of ether oxygens (including phenoxy) is 1. The van der Waals surface area contributed by atoms with Crippen LogP contribution in [0.15, 0.2) is 40.9 Å². The number of hydrogen-bond acceptors (Lipinski definition) is 2. The molecule has 0 amide bonds. The molecule has 104 valence electrons. The van der Waals surface area contributed by atoms with Crippen LogP contribution in [-0.4, -0.2) is 5.11 Å². The number of benzene rings is 2. The molecule has 0 spiro atoms. The van der Waals surface area contributed by atoms with E-state index in [1.807, 2.05) is 0 Å². The summed E-state index contributed by atoms with van der Waals surface area (Å²) in [6.07, 6.45) is -1.54. The van der Waals surface area contributed by atoms with Gasteiger partial charge < -0.3 is 9.84 Å². The normalized spacial score (nSPS) is 21.2. The Hall–Kier alpha value is -1.46. The Balaban J connectivity index is 2.01. The first kappa shape index (κ1) is 13.5. The maximum Gasteiger partial charge on any atom is 0.133 e. The Labute approximate surface area is 123 Å². The van der Waals surface area contributed by atoms with Crippen molar-refractivity contribution in [2.75, 3.05) is 0 Å². The highest BCUT2D eigenvalue weighted by atomic mass is 79.9. The van der Waals surface area contributed by atoms with Crippen molar-refractivity contribution in [2.24, 2.45) is 0 Å². The summed E-state index contributed by atoms with van der Waals surface area (Å²) >= 11 is 3.31. The van der Waals surface area contributed by atoms with Crippen molar-refractivity contribution < 1.29 is 18.6 Å². The highest BCUT2D eigenvalue weighted by Gasteiger charge is 2.31. The second kappa shape index (κ2) is 5.14. The zero-order valence-corrected chi connectivity index (χ0v) is 11.9. The van der Waals surface area contributed by atoms with Crippen molar-refractivity contribution in [1.29, 1.82) is 0 Å². The Morgan fingerprint density at radius 1 is 1.15 bits per heavy atom. The van der Waals surface area contributed by atoms with Gasteiger partial charge >= 0.3 is 0 Å². The van der Waals surface area contributed by atoms with Crippen LogP contribution in [0.4, 0.5) is 8.78 Å². The largest absolute Gasteiger partial charge is 0.485 e. The van der Waals surface area contributed by atoms with Crippen molar-refractivity contribution in [1.82, 2.24) is 0 Å². The van der Waals surface area contributed by atoms with Crippen molar-refractivity contribution in [3.63, 3.8) is 0 Å². The molecule has 1 unspecified atom stereocenters. The third kappa shape index (κ3) is 2.31. The summed E-state index contributed by atoms with van der Waals surface area (Å²) in [6, 6.07) is 8.85. The van der Waals surface area contributed by atoms with Gasteiger partial charge in [0.05, 0.1) is 11.7 Å². The van der Waals surface area contributed by atoms with Gasteiger partial charge in [-0.15, -0.1) is 0 Å². The standard InChI is InChI=1S/C15H11BrF2O2/c16-8-4-5-13-9(6-8)12(19)7-14(20-13)15-10(17)2-1-3-11(15)18/h1-6,12,14,19H,7H2/t12-,14?/m0/s1. The molecule has 2 nitrogen and oxygen atoms in total. The van der Waals surface area contributed by atoms with Crippen molar-refractivity contribution in [3.8, 4) is 5.75 Å². The highest BCUT2D eigenvalue weighted by molar-refractivity contribution is 9.10. The minimum Gasteiger partial charge on any atom is -0.485 e. The van der Waals surface area contributed by atoms with Gasteiger partial charge in [-0.2, -0.15) is 0 Å². The lowest BCUT2D eigenvalue weighted by Gasteiger charge is -2.30. The summed E-state index contributed by atoms with van der Waals surface area (Å²) in [5.74, 6) is -0.884. The van der Waals surface area contributed by atoms with E-state index in [1.165, 1.54) is 18.2 Å². The third-order valence-electron chi connectivity index (χ3n) is 3.36. The van der Waals surface area contributed by atoms with Gasteiger partial charge in [0, 0.05) is 16.5 Å². The molecule has 0 fully saturated rings. The lowest BCUT2D eigenvalue weighted by Crippen LogP contribution is -2.21. The molecule has 0 radical (unpaired) electrons. The average molecular weight is 341 g/mol. The third-order valence-corrected chi connectivity index (χ3v) is 3.85. The highest BCUT2D eigenvalue weighted by Crippen LogP contribution is 2.42. The molecule has 1 aliphatic rings. The molecule has 1 N–H and O–H groups in total. The molecule has 5 heteroatoms. The molecular weight excluding hydrogens is 330 g/mol. The fraction of sp³-hybridized carbons (Fsp3) is 0.200. The summed E-state index contributed by atoms with van der Waals surface area (Å²) in [7, 11) is 0. The number of aliphatic hydroxyl groups is 1. The Morgan fingerprint density at radius 2 is 1.85 bits per heavy atom. The Morgan fingerprint density at radius 3 is 2.55 bits per heavy atom. The molecule has 2 atom stereocenters. The predicted molar refractivity (Wildman–Crippen MR) is 73.4 cm³/mol. The number of rotatable bonds is 1. The molecule has 0 saturated heterocycles. The van der Waals surface area contributed by atoms with Crippen LogP contribution in [0.2, 0.25) is 0 Å². The number of fused-ring (bicyclic) bond motifs is 1. The van der Waals surface area contributed by atoms with Gasteiger partial charge in [-0.1, -0.05) is 22.0 Å². The van der Waals surface area contributed by atoms with Crippen LogP contribution in [0.1, 0.15) is 29.8 Å². The van der Waals surface area contributed by atoms with E-state index in [-0.39, 0.29) is 12.0 Å². The number of aliphatic hydroxyl groups excluding tert-OH is 1. The first-order valence-electron chi connectivity index (χ1n) is 6.14. The molecule has 2 aromatic rings. The Bertz CT molecular complexity index is 640. The zero-order chi connectivity index (χ0) is 14.3. The van der Waals surface area contributed by atoms with E-state index < -0.39 is 23.8 Å². The first-order valence-corrected chi connectivity index (χ1v) is 6.93. The van der Waals surface area contributed by atoms with Gasteiger partial charge in [0.1, 0.15) is 23.5 Å². The lowest BCUT2D eigenvalue weighted by molar-refractivity contribution is 0.0621. The summed E-state index contributed by atoms with van der Waals surface area (Å²) < 4.78 is 34.0. The van der Waals surface area contributed by atoms with Crippen LogP contribution in [0.5, 0.6) is 5.75 Å². The number of halogens is 3. The van der Waals surface area contributed by atoms with E-state index in [4.69, 9.17) is 4.74 Å². The Kier molecular flexibility index (Phi) is 3.48. The van der Waals surface area contributed by atoms with E-state index in [2.05, 4.69) is 15.9 Å². The molecule has 0 aromatic heterocycles. The molecule has 0 aliphatic carbocycles. The van der Waals surface area contributed by atoms with Gasteiger partial charge in [0.25, 0.3) is 0 Å². The molecule has 20 heavy (non-hydrogen) atoms. The van der Waals surface area contributed by atoms with E-state index >= 15 is 0 Å². The topological polar surface area (TPSA) is 29.5 Å². The van der Waals surface area contributed by atoms with Gasteiger partial charge in [-0.05, 0) is 30.3 Å². The number of hydrogen-bond donors (Lipinski definition) is 1. The van der Waals surface area contributed by atoms with Crippen LogP contribution in [0.3, 0.4) is 0 Å². The maximum absolute atomic E-state index is 13.8. The van der Waals surface area contributed by atoms with Crippen molar-refractivity contribution >= 4 is 15.9 Å². The molecule has 3 rings (SSSR count). The molecule has 0 bridgehead atoms. The minimum atomic E-state index is -0.833. The smallest absolute Gasteiger partial charge is 0.133 e. The van der Waals surface area contributed by atoms with E-state index in [1.54, 1.807) is 18.2 Å². The molecule has 2 aromatic carbocycles. The summed E-state index contributed by atoms with van der Waals surface area (Å²) in [6.45, 7) is 0. The first-order chi connectivity index (χ1) is 9.56. The average Bonchev–Trinajstić information content (AvgIpc) is 2.39. The minimum absolute atomic E-state index is 0.112.